The number of nitro groups is 1. The summed E-state index contributed by atoms with van der Waals surface area (Å²) >= 11 is 1.24. The highest BCUT2D eigenvalue weighted by molar-refractivity contribution is 7.22. The van der Waals surface area contributed by atoms with Crippen LogP contribution in [0.15, 0.2) is 66.2 Å². The van der Waals surface area contributed by atoms with E-state index >= 15 is 0 Å². The Bertz CT molecular complexity index is 1640. The van der Waals surface area contributed by atoms with Gasteiger partial charge in [-0.1, -0.05) is 29.5 Å². The fourth-order valence-electron chi connectivity index (χ4n) is 4.65. The van der Waals surface area contributed by atoms with E-state index in [-0.39, 0.29) is 16.4 Å². The third-order valence-corrected chi connectivity index (χ3v) is 7.31. The maximum atomic E-state index is 13.5. The van der Waals surface area contributed by atoms with Gasteiger partial charge in [0, 0.05) is 17.7 Å². The molecular formula is C28H23N3O6S. The molecule has 0 bridgehead atoms. The number of aryl methyl sites for hydroxylation is 2. The van der Waals surface area contributed by atoms with Crippen molar-refractivity contribution < 1.29 is 24.4 Å². The van der Waals surface area contributed by atoms with Crippen LogP contribution < -0.4 is 9.64 Å². The monoisotopic (exact) mass is 529 g/mol. The number of Topliss-reactive ketones (excluding diaryl/α,β-unsaturated/α-hetero) is 1. The van der Waals surface area contributed by atoms with Crippen LogP contribution in [0.4, 0.5) is 10.8 Å². The van der Waals surface area contributed by atoms with Gasteiger partial charge in [0.2, 0.25) is 0 Å². The summed E-state index contributed by atoms with van der Waals surface area (Å²) < 4.78 is 6.29. The largest absolute Gasteiger partial charge is 0.507 e. The molecule has 0 unspecified atom stereocenters. The minimum Gasteiger partial charge on any atom is -0.507 e. The highest BCUT2D eigenvalue weighted by Crippen LogP contribution is 2.45. The number of rotatable bonds is 6. The normalized spacial score (nSPS) is 16.8. The number of carbonyl (C=O) groups is 2. The number of benzene rings is 3. The molecule has 0 radical (unpaired) electrons. The van der Waals surface area contributed by atoms with Crippen LogP contribution in [0.1, 0.15) is 35.2 Å². The van der Waals surface area contributed by atoms with Gasteiger partial charge in [-0.25, -0.2) is 4.98 Å². The molecule has 1 N–H and O–H groups in total. The molecule has 2 heterocycles. The van der Waals surface area contributed by atoms with E-state index in [1.54, 1.807) is 30.3 Å². The molecule has 1 fully saturated rings. The van der Waals surface area contributed by atoms with Crippen molar-refractivity contribution >= 4 is 49.8 Å². The minimum atomic E-state index is -1.12. The highest BCUT2D eigenvalue weighted by atomic mass is 32.1. The Balaban J connectivity index is 1.72. The second-order valence-electron chi connectivity index (χ2n) is 8.90. The Morgan fingerprint density at radius 1 is 1.13 bits per heavy atom. The van der Waals surface area contributed by atoms with Crippen molar-refractivity contribution in [1.29, 1.82) is 0 Å². The number of hydrogen-bond acceptors (Lipinski definition) is 8. The molecule has 4 aromatic rings. The summed E-state index contributed by atoms with van der Waals surface area (Å²) in [5, 5.41) is 23.1. The van der Waals surface area contributed by atoms with Crippen molar-refractivity contribution in [1.82, 2.24) is 4.98 Å². The molecule has 1 aromatic heterocycles. The van der Waals surface area contributed by atoms with Gasteiger partial charge in [-0.2, -0.15) is 0 Å². The fraction of sp³-hybridized carbons (Fsp3) is 0.179. The number of carbonyl (C=O) groups excluding carboxylic acids is 2. The number of amides is 1. The second kappa shape index (κ2) is 9.71. The summed E-state index contributed by atoms with van der Waals surface area (Å²) in [6.45, 7) is 6.18. The summed E-state index contributed by atoms with van der Waals surface area (Å²) in [4.78, 5) is 43.8. The molecule has 9 nitrogen and oxygen atoms in total. The lowest BCUT2D eigenvalue weighted by Gasteiger charge is -2.22. The Morgan fingerprint density at radius 3 is 2.55 bits per heavy atom. The van der Waals surface area contributed by atoms with Gasteiger partial charge in [-0.05, 0) is 67.8 Å². The molecule has 1 aliphatic rings. The number of non-ortho nitro benzene ring substituents is 1. The summed E-state index contributed by atoms with van der Waals surface area (Å²) in [5.74, 6) is -1.58. The first-order valence-corrected chi connectivity index (χ1v) is 12.7. The number of hydrogen-bond donors (Lipinski definition) is 1. The van der Waals surface area contributed by atoms with Crippen molar-refractivity contribution in [2.75, 3.05) is 11.5 Å². The highest BCUT2D eigenvalue weighted by Gasteiger charge is 2.48. The van der Waals surface area contributed by atoms with Crippen molar-refractivity contribution in [2.45, 2.75) is 26.8 Å². The molecule has 0 aliphatic carbocycles. The number of aliphatic hydroxyl groups is 1. The average molecular weight is 530 g/mol. The molecule has 1 saturated heterocycles. The average Bonchev–Trinajstić information content (AvgIpc) is 3.43. The minimum absolute atomic E-state index is 0.174. The van der Waals surface area contributed by atoms with E-state index < -0.39 is 28.4 Å². The number of aliphatic hydroxyl groups excluding tert-OH is 1. The Kier molecular flexibility index (Phi) is 6.41. The number of ether oxygens (including phenoxy) is 1. The van der Waals surface area contributed by atoms with Gasteiger partial charge in [0.15, 0.2) is 5.13 Å². The summed E-state index contributed by atoms with van der Waals surface area (Å²) in [6.07, 6.45) is 0. The first-order valence-electron chi connectivity index (χ1n) is 11.9. The SMILES string of the molecule is CCOc1ccc(C(O)=C2C(=O)C(=O)N(c3nc4c(C)cc(C)cc4s3)[C@H]2c2cccc([N+](=O)[O-])c2)cc1. The fourth-order valence-corrected chi connectivity index (χ4v) is 5.82. The van der Waals surface area contributed by atoms with Crippen LogP contribution >= 0.6 is 11.3 Å². The Morgan fingerprint density at radius 2 is 1.87 bits per heavy atom. The summed E-state index contributed by atoms with van der Waals surface area (Å²) in [6, 6.07) is 15.0. The molecule has 5 rings (SSSR count). The second-order valence-corrected chi connectivity index (χ2v) is 9.91. The molecule has 1 amide bonds. The maximum absolute atomic E-state index is 13.5. The van der Waals surface area contributed by atoms with Gasteiger partial charge < -0.3 is 9.84 Å². The molecule has 0 saturated carbocycles. The Labute approximate surface area is 221 Å². The van der Waals surface area contributed by atoms with Gasteiger partial charge in [0.05, 0.1) is 33.4 Å². The molecule has 1 atom stereocenters. The first-order chi connectivity index (χ1) is 18.2. The number of nitro benzene ring substituents is 1. The van der Waals surface area contributed by atoms with E-state index in [9.17, 15) is 24.8 Å². The van der Waals surface area contributed by atoms with Crippen molar-refractivity contribution in [3.8, 4) is 5.75 Å². The zero-order valence-electron chi connectivity index (χ0n) is 20.8. The lowest BCUT2D eigenvalue weighted by atomic mass is 9.95. The third kappa shape index (κ3) is 4.28. The molecule has 10 heteroatoms. The number of nitrogens with zero attached hydrogens (tertiary/aromatic N) is 3. The third-order valence-electron chi connectivity index (χ3n) is 6.30. The number of anilines is 1. The number of thiazole rings is 1. The van der Waals surface area contributed by atoms with E-state index in [2.05, 4.69) is 4.98 Å². The lowest BCUT2D eigenvalue weighted by molar-refractivity contribution is -0.384. The van der Waals surface area contributed by atoms with Gasteiger partial charge >= 0.3 is 5.91 Å². The van der Waals surface area contributed by atoms with E-state index in [1.807, 2.05) is 32.9 Å². The molecule has 1 aliphatic heterocycles. The van der Waals surface area contributed by atoms with Crippen molar-refractivity contribution in [3.63, 3.8) is 0 Å². The molecule has 38 heavy (non-hydrogen) atoms. The van der Waals surface area contributed by atoms with Gasteiger partial charge in [-0.15, -0.1) is 0 Å². The quantitative estimate of drug-likeness (QED) is 0.109. The number of fused-ring (bicyclic) bond motifs is 1. The molecule has 0 spiro atoms. The predicted molar refractivity (Wildman–Crippen MR) is 145 cm³/mol. The van der Waals surface area contributed by atoms with E-state index in [0.29, 0.717) is 29.0 Å². The molecular weight excluding hydrogens is 506 g/mol. The van der Waals surface area contributed by atoms with Crippen LogP contribution in [-0.4, -0.2) is 33.3 Å². The van der Waals surface area contributed by atoms with Crippen LogP contribution in [-0.2, 0) is 9.59 Å². The lowest BCUT2D eigenvalue weighted by Crippen LogP contribution is -2.29. The summed E-state index contributed by atoms with van der Waals surface area (Å²) in [5.41, 5.74) is 2.87. The van der Waals surface area contributed by atoms with Crippen molar-refractivity contribution in [2.24, 2.45) is 0 Å². The smallest absolute Gasteiger partial charge is 0.301 e. The standard InChI is InChI=1S/C28H23N3O6S/c1-4-37-20-10-8-17(9-11-20)25(32)22-24(18-6-5-7-19(14-18)31(35)36)30(27(34)26(22)33)28-29-23-16(3)12-15(2)13-21(23)38-28/h5-14,24,32H,4H2,1-3H3/t24-/m0/s1. The van der Waals surface area contributed by atoms with Crippen LogP contribution in [0, 0.1) is 24.0 Å². The summed E-state index contributed by atoms with van der Waals surface area (Å²) in [7, 11) is 0. The van der Waals surface area contributed by atoms with E-state index in [4.69, 9.17) is 4.74 Å². The van der Waals surface area contributed by atoms with Crippen molar-refractivity contribution in [3.05, 3.63) is 98.6 Å². The van der Waals surface area contributed by atoms with Gasteiger partial charge in [-0.3, -0.25) is 24.6 Å². The topological polar surface area (TPSA) is 123 Å². The van der Waals surface area contributed by atoms with Gasteiger partial charge in [0.1, 0.15) is 11.5 Å². The molecule has 192 valence electrons. The zero-order chi connectivity index (χ0) is 27.1. The van der Waals surface area contributed by atoms with E-state index in [1.165, 1.54) is 34.4 Å². The van der Waals surface area contributed by atoms with Crippen LogP contribution in [0.3, 0.4) is 0 Å². The van der Waals surface area contributed by atoms with E-state index in [0.717, 1.165) is 15.8 Å². The van der Waals surface area contributed by atoms with Gasteiger partial charge in [0.25, 0.3) is 11.5 Å². The first kappa shape index (κ1) is 25.1. The van der Waals surface area contributed by atoms with Crippen LogP contribution in [0.5, 0.6) is 5.75 Å². The molecule has 3 aromatic carbocycles. The predicted octanol–water partition coefficient (Wildman–Crippen LogP) is 5.85. The van der Waals surface area contributed by atoms with Crippen LogP contribution in [0.25, 0.3) is 16.0 Å². The number of ketones is 1. The zero-order valence-corrected chi connectivity index (χ0v) is 21.6. The number of aromatic nitrogens is 1. The Hall–Kier alpha value is -4.57. The van der Waals surface area contributed by atoms with Crippen LogP contribution in [0.2, 0.25) is 0 Å². The maximum Gasteiger partial charge on any atom is 0.301 e.